The van der Waals surface area contributed by atoms with E-state index >= 15 is 0 Å². The van der Waals surface area contributed by atoms with Crippen molar-refractivity contribution in [2.75, 3.05) is 6.26 Å². The van der Waals surface area contributed by atoms with Gasteiger partial charge in [-0.2, -0.15) is 11.8 Å². The molecule has 0 aliphatic heterocycles. The minimum atomic E-state index is 0.774. The molecule has 1 N–H and O–H groups in total. The van der Waals surface area contributed by atoms with E-state index in [4.69, 9.17) is 0 Å². The fourth-order valence-electron chi connectivity index (χ4n) is 3.59. The summed E-state index contributed by atoms with van der Waals surface area (Å²) in [6.07, 6.45) is 9.11. The predicted molar refractivity (Wildman–Crippen MR) is 85.0 cm³/mol. The maximum Gasteiger partial charge on any atom is 0.00813 e. The van der Waals surface area contributed by atoms with Gasteiger partial charge < -0.3 is 5.32 Å². The third-order valence-corrected chi connectivity index (χ3v) is 5.94. The van der Waals surface area contributed by atoms with E-state index in [1.54, 1.807) is 5.56 Å². The van der Waals surface area contributed by atoms with Crippen molar-refractivity contribution in [1.29, 1.82) is 0 Å². The predicted octanol–water partition coefficient (Wildman–Crippen LogP) is 4.11. The number of aryl methyl sites for hydroxylation is 1. The van der Waals surface area contributed by atoms with Crippen LogP contribution in [-0.2, 0) is 0 Å². The van der Waals surface area contributed by atoms with Gasteiger partial charge in [0.1, 0.15) is 0 Å². The Morgan fingerprint density at radius 3 is 2.63 bits per heavy atom. The van der Waals surface area contributed by atoms with Crippen LogP contribution in [0.15, 0.2) is 24.3 Å². The molecule has 2 unspecified atom stereocenters. The summed E-state index contributed by atoms with van der Waals surface area (Å²) < 4.78 is 0. The SMILES string of the molecule is CSC1CCC(NC2CC(c3cccc(C)c3)C2)C1. The first-order valence-corrected chi connectivity index (χ1v) is 8.89. The van der Waals surface area contributed by atoms with Gasteiger partial charge >= 0.3 is 0 Å². The molecule has 0 bridgehead atoms. The van der Waals surface area contributed by atoms with E-state index < -0.39 is 0 Å². The van der Waals surface area contributed by atoms with Gasteiger partial charge in [0.15, 0.2) is 0 Å². The Bertz CT molecular complexity index is 425. The molecule has 0 saturated heterocycles. The molecule has 1 aromatic rings. The molecule has 104 valence electrons. The van der Waals surface area contributed by atoms with Crippen molar-refractivity contribution in [3.8, 4) is 0 Å². The third kappa shape index (κ3) is 3.17. The van der Waals surface area contributed by atoms with Crippen molar-refractivity contribution >= 4 is 11.8 Å². The summed E-state index contributed by atoms with van der Waals surface area (Å²) in [4.78, 5) is 0. The van der Waals surface area contributed by atoms with Crippen molar-refractivity contribution in [3.05, 3.63) is 35.4 Å². The first kappa shape index (κ1) is 13.5. The first-order valence-electron chi connectivity index (χ1n) is 7.60. The van der Waals surface area contributed by atoms with Crippen LogP contribution < -0.4 is 5.32 Å². The Balaban J connectivity index is 1.46. The maximum absolute atomic E-state index is 3.88. The van der Waals surface area contributed by atoms with Crippen molar-refractivity contribution < 1.29 is 0 Å². The molecule has 3 rings (SSSR count). The van der Waals surface area contributed by atoms with Gasteiger partial charge in [-0.15, -0.1) is 0 Å². The number of hydrogen-bond acceptors (Lipinski definition) is 2. The zero-order chi connectivity index (χ0) is 13.2. The van der Waals surface area contributed by atoms with Gasteiger partial charge in [0.25, 0.3) is 0 Å². The molecule has 1 aromatic carbocycles. The maximum atomic E-state index is 3.88. The molecular weight excluding hydrogens is 250 g/mol. The minimum Gasteiger partial charge on any atom is -0.311 e. The lowest BCUT2D eigenvalue weighted by Gasteiger charge is -2.38. The smallest absolute Gasteiger partial charge is 0.00813 e. The molecule has 2 atom stereocenters. The van der Waals surface area contributed by atoms with E-state index in [1.807, 2.05) is 11.8 Å². The lowest BCUT2D eigenvalue weighted by Crippen LogP contribution is -2.44. The number of nitrogens with one attached hydrogen (secondary N) is 1. The third-order valence-electron chi connectivity index (χ3n) is 4.84. The Labute approximate surface area is 121 Å². The molecule has 2 aliphatic carbocycles. The number of thioether (sulfide) groups is 1. The highest BCUT2D eigenvalue weighted by Crippen LogP contribution is 2.38. The van der Waals surface area contributed by atoms with E-state index in [9.17, 15) is 0 Å². The van der Waals surface area contributed by atoms with Crippen molar-refractivity contribution in [2.45, 2.75) is 62.3 Å². The molecule has 2 saturated carbocycles. The Morgan fingerprint density at radius 1 is 1.11 bits per heavy atom. The standard InChI is InChI=1S/C17H25NS/c1-12-4-3-5-13(8-12)14-9-16(10-14)18-15-6-7-17(11-15)19-2/h3-5,8,14-18H,6-7,9-11H2,1-2H3. The molecule has 19 heavy (non-hydrogen) atoms. The van der Waals surface area contributed by atoms with E-state index in [1.165, 1.54) is 37.7 Å². The topological polar surface area (TPSA) is 12.0 Å². The number of benzene rings is 1. The lowest BCUT2D eigenvalue weighted by molar-refractivity contribution is 0.265. The zero-order valence-corrected chi connectivity index (χ0v) is 12.9. The highest BCUT2D eigenvalue weighted by molar-refractivity contribution is 7.99. The van der Waals surface area contributed by atoms with Crippen LogP contribution in [0.2, 0.25) is 0 Å². The lowest BCUT2D eigenvalue weighted by atomic mass is 9.75. The average molecular weight is 275 g/mol. The largest absolute Gasteiger partial charge is 0.311 e. The van der Waals surface area contributed by atoms with Crippen molar-refractivity contribution in [3.63, 3.8) is 0 Å². The van der Waals surface area contributed by atoms with Gasteiger partial charge in [-0.1, -0.05) is 29.8 Å². The normalized spacial score (nSPS) is 34.2. The van der Waals surface area contributed by atoms with Gasteiger partial charge in [0, 0.05) is 17.3 Å². The second-order valence-electron chi connectivity index (χ2n) is 6.31. The van der Waals surface area contributed by atoms with Crippen molar-refractivity contribution in [2.24, 2.45) is 0 Å². The van der Waals surface area contributed by atoms with Crippen LogP contribution in [-0.4, -0.2) is 23.6 Å². The second-order valence-corrected chi connectivity index (χ2v) is 7.45. The number of rotatable bonds is 4. The molecule has 2 aliphatic rings. The number of hydrogen-bond donors (Lipinski definition) is 1. The van der Waals surface area contributed by atoms with Crippen LogP contribution in [0.5, 0.6) is 0 Å². The molecular formula is C17H25NS. The van der Waals surface area contributed by atoms with Crippen LogP contribution in [0.25, 0.3) is 0 Å². The molecule has 0 amide bonds. The summed E-state index contributed by atoms with van der Waals surface area (Å²) in [6, 6.07) is 10.6. The van der Waals surface area contributed by atoms with Crippen molar-refractivity contribution in [1.82, 2.24) is 5.32 Å². The van der Waals surface area contributed by atoms with Crippen LogP contribution in [0, 0.1) is 6.92 Å². The monoisotopic (exact) mass is 275 g/mol. The van der Waals surface area contributed by atoms with Crippen LogP contribution in [0.4, 0.5) is 0 Å². The summed E-state index contributed by atoms with van der Waals surface area (Å²) in [6.45, 7) is 2.19. The average Bonchev–Trinajstić information content (AvgIpc) is 2.81. The molecule has 2 heteroatoms. The zero-order valence-electron chi connectivity index (χ0n) is 12.1. The van der Waals surface area contributed by atoms with Crippen LogP contribution in [0.1, 0.15) is 49.1 Å². The van der Waals surface area contributed by atoms with Gasteiger partial charge in [0.05, 0.1) is 0 Å². The molecule has 2 fully saturated rings. The first-order chi connectivity index (χ1) is 9.24. The molecule has 0 spiro atoms. The Morgan fingerprint density at radius 2 is 1.95 bits per heavy atom. The summed E-state index contributed by atoms with van der Waals surface area (Å²) in [5, 5.41) is 4.79. The Hall–Kier alpha value is -0.470. The van der Waals surface area contributed by atoms with Crippen LogP contribution in [0.3, 0.4) is 0 Å². The highest BCUT2D eigenvalue weighted by atomic mass is 32.2. The fraction of sp³-hybridized carbons (Fsp3) is 0.647. The summed E-state index contributed by atoms with van der Waals surface area (Å²) in [5.74, 6) is 0.801. The molecule has 0 heterocycles. The van der Waals surface area contributed by atoms with E-state index in [0.717, 1.165) is 23.3 Å². The summed E-state index contributed by atoms with van der Waals surface area (Å²) in [5.41, 5.74) is 2.94. The van der Waals surface area contributed by atoms with E-state index in [2.05, 4.69) is 42.8 Å². The molecule has 0 radical (unpaired) electrons. The Kier molecular flexibility index (Phi) is 4.18. The van der Waals surface area contributed by atoms with E-state index in [-0.39, 0.29) is 0 Å². The quantitative estimate of drug-likeness (QED) is 0.887. The molecule has 0 aromatic heterocycles. The van der Waals surface area contributed by atoms with E-state index in [0.29, 0.717) is 0 Å². The van der Waals surface area contributed by atoms with Crippen LogP contribution >= 0.6 is 11.8 Å². The molecule has 1 nitrogen and oxygen atoms in total. The fourth-order valence-corrected chi connectivity index (χ4v) is 4.39. The van der Waals surface area contributed by atoms with Gasteiger partial charge in [-0.05, 0) is 56.8 Å². The minimum absolute atomic E-state index is 0.774. The van der Waals surface area contributed by atoms with Gasteiger partial charge in [0.2, 0.25) is 0 Å². The highest BCUT2D eigenvalue weighted by Gasteiger charge is 2.33. The summed E-state index contributed by atoms with van der Waals surface area (Å²) in [7, 11) is 0. The van der Waals surface area contributed by atoms with Gasteiger partial charge in [-0.3, -0.25) is 0 Å². The van der Waals surface area contributed by atoms with Gasteiger partial charge in [-0.25, -0.2) is 0 Å². The summed E-state index contributed by atoms with van der Waals surface area (Å²) >= 11 is 2.05. The second kappa shape index (κ2) is 5.88.